The molecule has 0 radical (unpaired) electrons. The van der Waals surface area contributed by atoms with Crippen LogP contribution in [0.3, 0.4) is 0 Å². The fourth-order valence-corrected chi connectivity index (χ4v) is 2.17. The predicted octanol–water partition coefficient (Wildman–Crippen LogP) is 3.75. The van der Waals surface area contributed by atoms with Gasteiger partial charge in [-0.05, 0) is 59.1 Å². The van der Waals surface area contributed by atoms with E-state index in [4.69, 9.17) is 9.84 Å². The van der Waals surface area contributed by atoms with Crippen LogP contribution in [0.5, 0.6) is 11.6 Å². The molecule has 0 atom stereocenters. The van der Waals surface area contributed by atoms with Crippen molar-refractivity contribution in [1.29, 1.82) is 0 Å². The van der Waals surface area contributed by atoms with E-state index in [0.717, 1.165) is 27.0 Å². The summed E-state index contributed by atoms with van der Waals surface area (Å²) in [6.07, 6.45) is 0. The van der Waals surface area contributed by atoms with E-state index in [0.29, 0.717) is 5.88 Å². The van der Waals surface area contributed by atoms with Crippen molar-refractivity contribution in [2.45, 2.75) is 20.5 Å². The maximum atomic E-state index is 9.09. The number of aliphatic hydroxyl groups excluding tert-OH is 1. The molecule has 1 N–H and O–H groups in total. The summed E-state index contributed by atoms with van der Waals surface area (Å²) in [7, 11) is 0. The van der Waals surface area contributed by atoms with Gasteiger partial charge < -0.3 is 9.84 Å². The van der Waals surface area contributed by atoms with Gasteiger partial charge in [-0.2, -0.15) is 0 Å². The lowest BCUT2D eigenvalue weighted by Crippen LogP contribution is -1.95. The van der Waals surface area contributed by atoms with Gasteiger partial charge in [-0.1, -0.05) is 6.07 Å². The molecule has 2 rings (SSSR count). The Labute approximate surface area is 115 Å². The molecule has 18 heavy (non-hydrogen) atoms. The molecule has 0 bridgehead atoms. The first-order valence-corrected chi connectivity index (χ1v) is 6.41. The van der Waals surface area contributed by atoms with E-state index >= 15 is 0 Å². The summed E-state index contributed by atoms with van der Waals surface area (Å²) in [6.45, 7) is 3.86. The molecular formula is C14H14BrNO2. The summed E-state index contributed by atoms with van der Waals surface area (Å²) < 4.78 is 6.60. The first kappa shape index (κ1) is 13.1. The Morgan fingerprint density at radius 1 is 1.22 bits per heavy atom. The molecule has 2 aromatic rings. The monoisotopic (exact) mass is 307 g/mol. The van der Waals surface area contributed by atoms with Gasteiger partial charge in [0.1, 0.15) is 5.75 Å². The second kappa shape index (κ2) is 5.50. The molecule has 0 saturated carbocycles. The van der Waals surface area contributed by atoms with Gasteiger partial charge in [0.15, 0.2) is 0 Å². The van der Waals surface area contributed by atoms with Crippen molar-refractivity contribution in [3.8, 4) is 11.6 Å². The largest absolute Gasteiger partial charge is 0.438 e. The van der Waals surface area contributed by atoms with Crippen molar-refractivity contribution in [3.05, 3.63) is 51.6 Å². The lowest BCUT2D eigenvalue weighted by Gasteiger charge is -2.09. The number of nitrogens with zero attached hydrogens (tertiary/aromatic N) is 1. The molecule has 94 valence electrons. The van der Waals surface area contributed by atoms with Gasteiger partial charge in [0.2, 0.25) is 5.88 Å². The summed E-state index contributed by atoms with van der Waals surface area (Å²) in [5.74, 6) is 1.25. The molecule has 1 aromatic heterocycles. The first-order chi connectivity index (χ1) is 8.60. The number of aliphatic hydroxyl groups is 1. The lowest BCUT2D eigenvalue weighted by atomic mass is 10.2. The minimum absolute atomic E-state index is 0.00661. The smallest absolute Gasteiger partial charge is 0.219 e. The van der Waals surface area contributed by atoms with Crippen LogP contribution in [-0.4, -0.2) is 10.1 Å². The second-order valence-electron chi connectivity index (χ2n) is 4.09. The number of halogens is 1. The fourth-order valence-electron chi connectivity index (χ4n) is 1.59. The van der Waals surface area contributed by atoms with E-state index in [9.17, 15) is 0 Å². The third-order valence-corrected chi connectivity index (χ3v) is 3.26. The van der Waals surface area contributed by atoms with E-state index in [1.165, 1.54) is 0 Å². The zero-order valence-corrected chi connectivity index (χ0v) is 11.9. The van der Waals surface area contributed by atoms with Crippen molar-refractivity contribution >= 4 is 15.9 Å². The lowest BCUT2D eigenvalue weighted by molar-refractivity contribution is 0.280. The number of hydrogen-bond acceptors (Lipinski definition) is 3. The maximum Gasteiger partial charge on any atom is 0.219 e. The highest BCUT2D eigenvalue weighted by atomic mass is 79.9. The minimum atomic E-state index is -0.00661. The Morgan fingerprint density at radius 3 is 2.61 bits per heavy atom. The van der Waals surface area contributed by atoms with Crippen molar-refractivity contribution in [2.24, 2.45) is 0 Å². The van der Waals surface area contributed by atoms with Gasteiger partial charge in [0, 0.05) is 11.8 Å². The Bertz CT molecular complexity index is 570. The molecule has 1 aromatic carbocycles. The van der Waals surface area contributed by atoms with E-state index in [1.807, 2.05) is 38.1 Å². The number of hydrogen-bond donors (Lipinski definition) is 1. The van der Waals surface area contributed by atoms with Crippen molar-refractivity contribution in [1.82, 2.24) is 4.98 Å². The molecule has 3 nitrogen and oxygen atoms in total. The Hall–Kier alpha value is -1.39. The van der Waals surface area contributed by atoms with Gasteiger partial charge in [-0.15, -0.1) is 0 Å². The summed E-state index contributed by atoms with van der Waals surface area (Å²) in [5.41, 5.74) is 2.75. The van der Waals surface area contributed by atoms with Crippen molar-refractivity contribution in [2.75, 3.05) is 0 Å². The van der Waals surface area contributed by atoms with Crippen LogP contribution in [0.1, 0.15) is 16.8 Å². The molecular weight excluding hydrogens is 294 g/mol. The van der Waals surface area contributed by atoms with Crippen LogP contribution in [-0.2, 0) is 6.61 Å². The molecule has 0 amide bonds. The number of aromatic nitrogens is 1. The maximum absolute atomic E-state index is 9.09. The zero-order chi connectivity index (χ0) is 13.1. The Morgan fingerprint density at radius 2 is 2.00 bits per heavy atom. The van der Waals surface area contributed by atoms with Crippen LogP contribution in [0.2, 0.25) is 0 Å². The molecule has 0 aliphatic rings. The quantitative estimate of drug-likeness (QED) is 0.939. The number of aryl methyl sites for hydroxylation is 2. The summed E-state index contributed by atoms with van der Waals surface area (Å²) in [5, 5.41) is 9.09. The predicted molar refractivity (Wildman–Crippen MR) is 73.8 cm³/mol. The number of pyridine rings is 1. The van der Waals surface area contributed by atoms with Crippen LogP contribution in [0.25, 0.3) is 0 Å². The van der Waals surface area contributed by atoms with E-state index in [2.05, 4.69) is 20.9 Å². The molecule has 0 unspecified atom stereocenters. The van der Waals surface area contributed by atoms with Gasteiger partial charge >= 0.3 is 0 Å². The third-order valence-electron chi connectivity index (χ3n) is 2.64. The highest BCUT2D eigenvalue weighted by Crippen LogP contribution is 2.29. The van der Waals surface area contributed by atoms with Gasteiger partial charge in [0.25, 0.3) is 0 Å². The van der Waals surface area contributed by atoms with E-state index < -0.39 is 0 Å². The molecule has 0 fully saturated rings. The Kier molecular flexibility index (Phi) is 3.99. The number of rotatable bonds is 3. The highest BCUT2D eigenvalue weighted by Gasteiger charge is 2.06. The van der Waals surface area contributed by atoms with E-state index in [-0.39, 0.29) is 6.61 Å². The van der Waals surface area contributed by atoms with Crippen LogP contribution in [0, 0.1) is 13.8 Å². The molecule has 0 spiro atoms. The molecule has 0 aliphatic heterocycles. The number of ether oxygens (including phenoxy) is 1. The van der Waals surface area contributed by atoms with Crippen LogP contribution in [0.15, 0.2) is 34.8 Å². The average Bonchev–Trinajstić information content (AvgIpc) is 2.33. The standard InChI is InChI=1S/C14H14BrNO2/c1-9-3-5-13(12(15)7-9)18-14-6-4-11(8-17)10(2)16-14/h3-7,17H,8H2,1-2H3. The summed E-state index contributed by atoms with van der Waals surface area (Å²) >= 11 is 3.46. The third kappa shape index (κ3) is 2.89. The summed E-state index contributed by atoms with van der Waals surface area (Å²) in [6, 6.07) is 9.44. The first-order valence-electron chi connectivity index (χ1n) is 5.61. The molecule has 0 saturated heterocycles. The Balaban J connectivity index is 2.26. The van der Waals surface area contributed by atoms with Gasteiger partial charge in [-0.3, -0.25) is 0 Å². The average molecular weight is 308 g/mol. The molecule has 1 heterocycles. The van der Waals surface area contributed by atoms with Gasteiger partial charge in [0.05, 0.1) is 11.1 Å². The highest BCUT2D eigenvalue weighted by molar-refractivity contribution is 9.10. The van der Waals surface area contributed by atoms with Crippen LogP contribution < -0.4 is 4.74 Å². The van der Waals surface area contributed by atoms with Crippen LogP contribution in [0.4, 0.5) is 0 Å². The number of benzene rings is 1. The zero-order valence-electron chi connectivity index (χ0n) is 10.3. The topological polar surface area (TPSA) is 42.4 Å². The van der Waals surface area contributed by atoms with Gasteiger partial charge in [-0.25, -0.2) is 4.98 Å². The molecule has 0 aliphatic carbocycles. The van der Waals surface area contributed by atoms with Crippen molar-refractivity contribution < 1.29 is 9.84 Å². The fraction of sp³-hybridized carbons (Fsp3) is 0.214. The summed E-state index contributed by atoms with van der Waals surface area (Å²) in [4.78, 5) is 4.30. The van der Waals surface area contributed by atoms with Crippen molar-refractivity contribution in [3.63, 3.8) is 0 Å². The molecule has 4 heteroatoms. The minimum Gasteiger partial charge on any atom is -0.438 e. The second-order valence-corrected chi connectivity index (χ2v) is 4.94. The SMILES string of the molecule is Cc1ccc(Oc2ccc(CO)c(C)n2)c(Br)c1. The van der Waals surface area contributed by atoms with E-state index in [1.54, 1.807) is 6.07 Å². The van der Waals surface area contributed by atoms with Crippen LogP contribution >= 0.6 is 15.9 Å². The normalized spacial score (nSPS) is 10.4.